The first kappa shape index (κ1) is 13.1. The number of halogens is 2. The molecule has 0 unspecified atom stereocenters. The predicted octanol–water partition coefficient (Wildman–Crippen LogP) is 4.75. The molecule has 0 spiro atoms. The zero-order chi connectivity index (χ0) is 13.9. The Balaban J connectivity index is 1.81. The monoisotopic (exact) mass is 330 g/mol. The van der Waals surface area contributed by atoms with Crippen LogP contribution < -0.4 is 5.32 Å². The van der Waals surface area contributed by atoms with Gasteiger partial charge >= 0.3 is 0 Å². The molecule has 3 rings (SSSR count). The number of nitrogens with zero attached hydrogens (tertiary/aromatic N) is 1. The average molecular weight is 331 g/mol. The van der Waals surface area contributed by atoms with Gasteiger partial charge in [0.25, 0.3) is 0 Å². The van der Waals surface area contributed by atoms with E-state index in [1.165, 1.54) is 12.1 Å². The van der Waals surface area contributed by atoms with Crippen molar-refractivity contribution in [3.63, 3.8) is 0 Å². The number of pyridine rings is 1. The molecule has 0 atom stereocenters. The van der Waals surface area contributed by atoms with Crippen molar-refractivity contribution in [2.75, 3.05) is 5.32 Å². The minimum atomic E-state index is -0.239. The van der Waals surface area contributed by atoms with Crippen molar-refractivity contribution >= 4 is 32.7 Å². The van der Waals surface area contributed by atoms with Gasteiger partial charge < -0.3 is 5.32 Å². The zero-order valence-corrected chi connectivity index (χ0v) is 12.2. The minimum absolute atomic E-state index is 0.239. The van der Waals surface area contributed by atoms with Gasteiger partial charge in [0, 0.05) is 16.4 Å². The van der Waals surface area contributed by atoms with Gasteiger partial charge in [0.15, 0.2) is 0 Å². The first-order valence-corrected chi connectivity index (χ1v) is 7.05. The molecule has 2 aromatic carbocycles. The van der Waals surface area contributed by atoms with Gasteiger partial charge in [0.1, 0.15) is 11.6 Å². The van der Waals surface area contributed by atoms with Crippen LogP contribution in [0.1, 0.15) is 5.56 Å². The fraction of sp³-hybridized carbons (Fsp3) is 0.0625. The molecule has 0 radical (unpaired) electrons. The lowest BCUT2D eigenvalue weighted by Gasteiger charge is -2.08. The summed E-state index contributed by atoms with van der Waals surface area (Å²) in [5, 5.41) is 4.32. The molecule has 0 aliphatic heterocycles. The van der Waals surface area contributed by atoms with Gasteiger partial charge in [-0.25, -0.2) is 9.37 Å². The summed E-state index contributed by atoms with van der Waals surface area (Å²) in [6.07, 6.45) is 0. The van der Waals surface area contributed by atoms with Crippen molar-refractivity contribution in [3.8, 4) is 0 Å². The van der Waals surface area contributed by atoms with Crippen LogP contribution >= 0.6 is 15.9 Å². The number of anilines is 1. The molecular weight excluding hydrogens is 319 g/mol. The van der Waals surface area contributed by atoms with Gasteiger partial charge in [-0.15, -0.1) is 0 Å². The van der Waals surface area contributed by atoms with Gasteiger partial charge in [0.2, 0.25) is 0 Å². The lowest BCUT2D eigenvalue weighted by Crippen LogP contribution is -2.02. The maximum Gasteiger partial charge on any atom is 0.126 e. The summed E-state index contributed by atoms with van der Waals surface area (Å²) in [6, 6.07) is 16.5. The number of para-hydroxylation sites is 1. The quantitative estimate of drug-likeness (QED) is 0.749. The number of benzene rings is 2. The third kappa shape index (κ3) is 2.80. The van der Waals surface area contributed by atoms with Crippen molar-refractivity contribution in [2.24, 2.45) is 0 Å². The molecule has 0 aliphatic carbocycles. The van der Waals surface area contributed by atoms with E-state index in [2.05, 4.69) is 26.2 Å². The highest BCUT2D eigenvalue weighted by Gasteiger charge is 2.03. The number of hydrogen-bond acceptors (Lipinski definition) is 2. The Bertz CT molecular complexity index is 758. The first-order chi connectivity index (χ1) is 9.72. The number of nitrogens with one attached hydrogen (secondary N) is 1. The maximum absolute atomic E-state index is 13.2. The number of rotatable bonds is 3. The Morgan fingerprint density at radius 1 is 1.05 bits per heavy atom. The van der Waals surface area contributed by atoms with Gasteiger partial charge in [-0.3, -0.25) is 0 Å². The smallest absolute Gasteiger partial charge is 0.126 e. The molecule has 1 aromatic heterocycles. The highest BCUT2D eigenvalue weighted by molar-refractivity contribution is 9.10. The Labute approximate surface area is 124 Å². The van der Waals surface area contributed by atoms with Crippen molar-refractivity contribution in [3.05, 3.63) is 70.5 Å². The lowest BCUT2D eigenvalue weighted by atomic mass is 10.2. The highest BCUT2D eigenvalue weighted by Crippen LogP contribution is 2.20. The van der Waals surface area contributed by atoms with Crippen molar-refractivity contribution in [2.45, 2.75) is 6.54 Å². The van der Waals surface area contributed by atoms with E-state index in [1.54, 1.807) is 6.07 Å². The Hall–Kier alpha value is -1.94. The third-order valence-electron chi connectivity index (χ3n) is 3.07. The Morgan fingerprint density at radius 3 is 2.80 bits per heavy atom. The van der Waals surface area contributed by atoms with E-state index >= 15 is 0 Å². The van der Waals surface area contributed by atoms with Crippen LogP contribution in [0.25, 0.3) is 10.9 Å². The second kappa shape index (κ2) is 5.59. The van der Waals surface area contributed by atoms with Crippen LogP contribution in [0.3, 0.4) is 0 Å². The molecule has 0 saturated carbocycles. The van der Waals surface area contributed by atoms with Crippen LogP contribution in [0.2, 0.25) is 0 Å². The van der Waals surface area contributed by atoms with Gasteiger partial charge in [-0.2, -0.15) is 0 Å². The molecule has 0 saturated heterocycles. The maximum atomic E-state index is 13.2. The van der Waals surface area contributed by atoms with Crippen molar-refractivity contribution in [1.29, 1.82) is 0 Å². The van der Waals surface area contributed by atoms with Gasteiger partial charge in [-0.1, -0.05) is 34.1 Å². The van der Waals surface area contributed by atoms with E-state index in [-0.39, 0.29) is 5.82 Å². The van der Waals surface area contributed by atoms with Crippen molar-refractivity contribution in [1.82, 2.24) is 4.98 Å². The van der Waals surface area contributed by atoms with Gasteiger partial charge in [-0.05, 0) is 42.0 Å². The molecule has 20 heavy (non-hydrogen) atoms. The summed E-state index contributed by atoms with van der Waals surface area (Å²) in [5.41, 5.74) is 1.80. The summed E-state index contributed by atoms with van der Waals surface area (Å²) in [6.45, 7) is 0.518. The fourth-order valence-corrected chi connectivity index (χ4v) is 2.42. The largest absolute Gasteiger partial charge is 0.366 e. The van der Waals surface area contributed by atoms with Crippen LogP contribution in [-0.2, 0) is 6.54 Å². The van der Waals surface area contributed by atoms with Crippen LogP contribution in [0, 0.1) is 5.82 Å². The molecule has 0 aliphatic rings. The van der Waals surface area contributed by atoms with E-state index in [1.807, 2.05) is 36.4 Å². The van der Waals surface area contributed by atoms with Crippen LogP contribution in [-0.4, -0.2) is 4.98 Å². The predicted molar refractivity (Wildman–Crippen MR) is 83.2 cm³/mol. The van der Waals surface area contributed by atoms with E-state index < -0.39 is 0 Å². The molecule has 0 fully saturated rings. The topological polar surface area (TPSA) is 24.9 Å². The summed E-state index contributed by atoms with van der Waals surface area (Å²) < 4.78 is 14.1. The van der Waals surface area contributed by atoms with E-state index in [0.29, 0.717) is 6.54 Å². The molecule has 4 heteroatoms. The van der Waals surface area contributed by atoms with E-state index in [0.717, 1.165) is 26.8 Å². The lowest BCUT2D eigenvalue weighted by molar-refractivity contribution is 0.625. The molecule has 1 heterocycles. The van der Waals surface area contributed by atoms with E-state index in [9.17, 15) is 4.39 Å². The second-order valence-corrected chi connectivity index (χ2v) is 5.33. The summed E-state index contributed by atoms with van der Waals surface area (Å²) in [5.74, 6) is 0.538. The second-order valence-electron chi connectivity index (χ2n) is 4.48. The SMILES string of the molecule is Fc1ccc(Br)c(CNc2ccc3ccccc3n2)c1. The molecule has 1 N–H and O–H groups in total. The van der Waals surface area contributed by atoms with Crippen LogP contribution in [0.15, 0.2) is 59.1 Å². The zero-order valence-electron chi connectivity index (χ0n) is 10.6. The molecule has 100 valence electrons. The third-order valence-corrected chi connectivity index (χ3v) is 3.84. The molecule has 3 aromatic rings. The van der Waals surface area contributed by atoms with Crippen molar-refractivity contribution < 1.29 is 4.39 Å². The Morgan fingerprint density at radius 2 is 1.90 bits per heavy atom. The van der Waals surface area contributed by atoms with E-state index in [4.69, 9.17) is 0 Å². The molecule has 0 amide bonds. The molecular formula is C16H12BrFN2. The minimum Gasteiger partial charge on any atom is -0.366 e. The van der Waals surface area contributed by atoms with Crippen LogP contribution in [0.5, 0.6) is 0 Å². The average Bonchev–Trinajstić information content (AvgIpc) is 2.48. The number of fused-ring (bicyclic) bond motifs is 1. The van der Waals surface area contributed by atoms with Gasteiger partial charge in [0.05, 0.1) is 5.52 Å². The first-order valence-electron chi connectivity index (χ1n) is 6.26. The normalized spacial score (nSPS) is 10.7. The molecule has 0 bridgehead atoms. The summed E-state index contributed by atoms with van der Waals surface area (Å²) in [7, 11) is 0. The fourth-order valence-electron chi connectivity index (χ4n) is 2.03. The highest BCUT2D eigenvalue weighted by atomic mass is 79.9. The Kier molecular flexibility index (Phi) is 3.65. The summed E-state index contributed by atoms with van der Waals surface area (Å²) in [4.78, 5) is 4.52. The van der Waals surface area contributed by atoms with Crippen LogP contribution in [0.4, 0.5) is 10.2 Å². The summed E-state index contributed by atoms with van der Waals surface area (Å²) >= 11 is 3.42. The molecule has 2 nitrogen and oxygen atoms in total. The standard InChI is InChI=1S/C16H12BrFN2/c17-14-7-6-13(18)9-12(14)10-19-16-8-5-11-3-1-2-4-15(11)20-16/h1-9H,10H2,(H,19,20). The number of aromatic nitrogens is 1. The number of hydrogen-bond donors (Lipinski definition) is 1.